The summed E-state index contributed by atoms with van der Waals surface area (Å²) in [5.41, 5.74) is 0. The highest BCUT2D eigenvalue weighted by Crippen LogP contribution is 2.14. The lowest BCUT2D eigenvalue weighted by molar-refractivity contribution is -0.121. The van der Waals surface area contributed by atoms with Gasteiger partial charge >= 0.3 is 0 Å². The van der Waals surface area contributed by atoms with E-state index in [-0.39, 0.29) is 5.91 Å². The fourth-order valence-corrected chi connectivity index (χ4v) is 3.83. The molecule has 2 heteroatoms. The fourth-order valence-electron chi connectivity index (χ4n) is 3.83. The Balaban J connectivity index is 3.13. The van der Waals surface area contributed by atoms with Gasteiger partial charge in [-0.15, -0.1) is 0 Å². The molecule has 0 saturated carbocycles. The molecule has 0 aromatic carbocycles. The molecule has 0 aromatic rings. The molecule has 0 heterocycles. The quantitative estimate of drug-likeness (QED) is 0.183. The van der Waals surface area contributed by atoms with E-state index in [2.05, 4.69) is 26.1 Å². The van der Waals surface area contributed by atoms with Gasteiger partial charge in [-0.25, -0.2) is 0 Å². The van der Waals surface area contributed by atoms with Gasteiger partial charge in [-0.2, -0.15) is 0 Å². The summed E-state index contributed by atoms with van der Waals surface area (Å²) in [4.78, 5) is 11.8. The van der Waals surface area contributed by atoms with Crippen LogP contribution in [0.1, 0.15) is 149 Å². The molecule has 168 valence electrons. The number of unbranched alkanes of at least 4 members (excludes halogenated alkanes) is 16. The number of hydrogen-bond donors (Lipinski definition) is 1. The summed E-state index contributed by atoms with van der Waals surface area (Å²) in [6.07, 6.45) is 26.2. The highest BCUT2D eigenvalue weighted by atomic mass is 16.1. The van der Waals surface area contributed by atoms with Gasteiger partial charge < -0.3 is 5.32 Å². The van der Waals surface area contributed by atoms with Crippen molar-refractivity contribution in [3.8, 4) is 0 Å². The van der Waals surface area contributed by atoms with E-state index >= 15 is 0 Å². The smallest absolute Gasteiger partial charge is 0.219 e. The molecule has 0 radical (unpaired) electrons. The van der Waals surface area contributed by atoms with E-state index in [9.17, 15) is 4.79 Å². The van der Waals surface area contributed by atoms with Crippen molar-refractivity contribution in [2.75, 3.05) is 6.54 Å². The normalized spacial score (nSPS) is 11.3. The van der Waals surface area contributed by atoms with Gasteiger partial charge in [0.25, 0.3) is 0 Å². The van der Waals surface area contributed by atoms with Crippen molar-refractivity contribution in [2.24, 2.45) is 5.92 Å². The van der Waals surface area contributed by atoms with Crippen LogP contribution in [0.2, 0.25) is 0 Å². The number of nitrogens with one attached hydrogen (secondary N) is 1. The van der Waals surface area contributed by atoms with Gasteiger partial charge in [0.1, 0.15) is 0 Å². The monoisotopic (exact) mass is 395 g/mol. The van der Waals surface area contributed by atoms with Crippen molar-refractivity contribution in [1.82, 2.24) is 5.32 Å². The molecule has 0 spiro atoms. The standard InChI is InChI=1S/C26H53NO/c1-4-5-6-7-18-21-24-27-26(28)23-20-17-15-13-11-9-8-10-12-14-16-19-22-25(2)3/h25H,4-24H2,1-3H3,(H,27,28). The first kappa shape index (κ1) is 27.5. The van der Waals surface area contributed by atoms with E-state index < -0.39 is 0 Å². The first-order valence-electron chi connectivity index (χ1n) is 12.9. The topological polar surface area (TPSA) is 29.1 Å². The van der Waals surface area contributed by atoms with Crippen molar-refractivity contribution in [2.45, 2.75) is 149 Å². The first-order valence-corrected chi connectivity index (χ1v) is 12.9. The predicted molar refractivity (Wildman–Crippen MR) is 126 cm³/mol. The highest BCUT2D eigenvalue weighted by Gasteiger charge is 2.01. The lowest BCUT2D eigenvalue weighted by atomic mass is 10.0. The Morgan fingerprint density at radius 1 is 0.607 bits per heavy atom. The zero-order valence-corrected chi connectivity index (χ0v) is 19.8. The van der Waals surface area contributed by atoms with Crippen LogP contribution in [0.5, 0.6) is 0 Å². The molecule has 0 aliphatic heterocycles. The minimum Gasteiger partial charge on any atom is -0.356 e. The molecule has 0 atom stereocenters. The van der Waals surface area contributed by atoms with E-state index in [1.165, 1.54) is 109 Å². The molecule has 0 aromatic heterocycles. The lowest BCUT2D eigenvalue weighted by Crippen LogP contribution is -2.23. The predicted octanol–water partition coefficient (Wildman–Crippen LogP) is 8.58. The van der Waals surface area contributed by atoms with Gasteiger partial charge in [0.2, 0.25) is 5.91 Å². The Hall–Kier alpha value is -0.530. The van der Waals surface area contributed by atoms with Crippen LogP contribution in [0, 0.1) is 5.92 Å². The summed E-state index contributed by atoms with van der Waals surface area (Å²) in [5.74, 6) is 1.14. The molecule has 0 saturated heterocycles. The molecule has 0 rings (SSSR count). The Kier molecular flexibility index (Phi) is 22.3. The largest absolute Gasteiger partial charge is 0.356 e. The van der Waals surface area contributed by atoms with Crippen LogP contribution in [-0.4, -0.2) is 12.5 Å². The van der Waals surface area contributed by atoms with Crippen LogP contribution in [0.25, 0.3) is 0 Å². The zero-order valence-electron chi connectivity index (χ0n) is 19.8. The molecule has 1 N–H and O–H groups in total. The average molecular weight is 396 g/mol. The number of hydrogen-bond acceptors (Lipinski definition) is 1. The number of carbonyl (C=O) groups excluding carboxylic acids is 1. The van der Waals surface area contributed by atoms with Crippen LogP contribution in [0.15, 0.2) is 0 Å². The molecule has 2 nitrogen and oxygen atoms in total. The molecular weight excluding hydrogens is 342 g/mol. The Bertz CT molecular complexity index is 314. The van der Waals surface area contributed by atoms with Gasteiger partial charge in [0.15, 0.2) is 0 Å². The van der Waals surface area contributed by atoms with Crippen LogP contribution in [-0.2, 0) is 4.79 Å². The third-order valence-corrected chi connectivity index (χ3v) is 5.79. The third-order valence-electron chi connectivity index (χ3n) is 5.79. The molecule has 0 fully saturated rings. The number of rotatable bonds is 22. The van der Waals surface area contributed by atoms with E-state index in [1.807, 2.05) is 0 Å². The second kappa shape index (κ2) is 22.8. The second-order valence-corrected chi connectivity index (χ2v) is 9.29. The minimum absolute atomic E-state index is 0.266. The van der Waals surface area contributed by atoms with Gasteiger partial charge in [-0.3, -0.25) is 4.79 Å². The van der Waals surface area contributed by atoms with Gasteiger partial charge in [-0.1, -0.05) is 130 Å². The Morgan fingerprint density at radius 2 is 1.04 bits per heavy atom. The van der Waals surface area contributed by atoms with Crippen LogP contribution in [0.3, 0.4) is 0 Å². The maximum Gasteiger partial charge on any atom is 0.219 e. The fraction of sp³-hybridized carbons (Fsp3) is 0.962. The maximum absolute atomic E-state index is 11.8. The highest BCUT2D eigenvalue weighted by molar-refractivity contribution is 5.75. The van der Waals surface area contributed by atoms with Crippen molar-refractivity contribution in [1.29, 1.82) is 0 Å². The molecule has 0 bridgehead atoms. The van der Waals surface area contributed by atoms with Crippen molar-refractivity contribution in [3.05, 3.63) is 0 Å². The number of carbonyl (C=O) groups is 1. The molecular formula is C26H53NO. The average Bonchev–Trinajstić information content (AvgIpc) is 2.67. The summed E-state index contributed by atoms with van der Waals surface area (Å²) in [6, 6.07) is 0. The van der Waals surface area contributed by atoms with E-state index in [0.717, 1.165) is 31.7 Å². The molecule has 0 unspecified atom stereocenters. The number of amides is 1. The van der Waals surface area contributed by atoms with Gasteiger partial charge in [0, 0.05) is 13.0 Å². The zero-order chi connectivity index (χ0) is 20.7. The molecule has 0 aliphatic carbocycles. The maximum atomic E-state index is 11.8. The molecule has 0 aliphatic rings. The second-order valence-electron chi connectivity index (χ2n) is 9.29. The molecule has 1 amide bonds. The van der Waals surface area contributed by atoms with E-state index in [1.54, 1.807) is 0 Å². The minimum atomic E-state index is 0.266. The summed E-state index contributed by atoms with van der Waals surface area (Å²) in [7, 11) is 0. The summed E-state index contributed by atoms with van der Waals surface area (Å²) >= 11 is 0. The lowest BCUT2D eigenvalue weighted by Gasteiger charge is -2.06. The Morgan fingerprint density at radius 3 is 1.54 bits per heavy atom. The van der Waals surface area contributed by atoms with Crippen LogP contribution < -0.4 is 5.32 Å². The van der Waals surface area contributed by atoms with E-state index in [0.29, 0.717) is 0 Å². The Labute approximate surface area is 178 Å². The van der Waals surface area contributed by atoms with Gasteiger partial charge in [-0.05, 0) is 18.8 Å². The molecule has 28 heavy (non-hydrogen) atoms. The van der Waals surface area contributed by atoms with Gasteiger partial charge in [0.05, 0.1) is 0 Å². The third kappa shape index (κ3) is 23.5. The summed E-state index contributed by atoms with van der Waals surface area (Å²) in [6.45, 7) is 7.78. The SMILES string of the molecule is CCCCCCCCNC(=O)CCCCCCCCCCCCCCC(C)C. The van der Waals surface area contributed by atoms with Crippen molar-refractivity contribution in [3.63, 3.8) is 0 Å². The summed E-state index contributed by atoms with van der Waals surface area (Å²) < 4.78 is 0. The summed E-state index contributed by atoms with van der Waals surface area (Å²) in [5, 5.41) is 3.08. The van der Waals surface area contributed by atoms with Crippen molar-refractivity contribution < 1.29 is 4.79 Å². The van der Waals surface area contributed by atoms with E-state index in [4.69, 9.17) is 0 Å². The van der Waals surface area contributed by atoms with Crippen LogP contribution in [0.4, 0.5) is 0 Å². The van der Waals surface area contributed by atoms with Crippen LogP contribution >= 0.6 is 0 Å². The first-order chi connectivity index (χ1) is 13.7. The van der Waals surface area contributed by atoms with Crippen molar-refractivity contribution >= 4 is 5.91 Å².